The van der Waals surface area contributed by atoms with Gasteiger partial charge in [-0.15, -0.1) is 0 Å². The molecule has 0 aliphatic heterocycles. The third-order valence-corrected chi connectivity index (χ3v) is 4.70. The molecule has 0 aromatic rings. The number of aliphatic hydroxyl groups excluding tert-OH is 2. The maximum atomic E-state index is 11.6. The molecular formula is C22H42O6. The first kappa shape index (κ1) is 26.9. The second-order valence-electron chi connectivity index (χ2n) is 7.52. The van der Waals surface area contributed by atoms with E-state index in [1.54, 1.807) is 0 Å². The molecule has 6 nitrogen and oxygen atoms in total. The topological polar surface area (TPSA) is 93.1 Å². The summed E-state index contributed by atoms with van der Waals surface area (Å²) in [5.41, 5.74) is 0. The standard InChI is InChI=1S/C22H42O6/c1-3-5-11-19(23)13-7-9-17-27-21(25)15-16-22(26)28-18-10-8-14-20(24)12-6-4-2/h19-20,23-24H,3-18H2,1-2H3. The van der Waals surface area contributed by atoms with Crippen LogP contribution < -0.4 is 0 Å². The van der Waals surface area contributed by atoms with E-state index in [2.05, 4.69) is 13.8 Å². The third kappa shape index (κ3) is 18.2. The quantitative estimate of drug-likeness (QED) is 0.247. The molecule has 2 unspecified atom stereocenters. The lowest BCUT2D eigenvalue weighted by Crippen LogP contribution is -2.12. The summed E-state index contributed by atoms with van der Waals surface area (Å²) >= 11 is 0. The van der Waals surface area contributed by atoms with Crippen molar-refractivity contribution in [3.63, 3.8) is 0 Å². The van der Waals surface area contributed by atoms with Gasteiger partial charge >= 0.3 is 11.9 Å². The number of aliphatic hydroxyl groups is 2. The maximum absolute atomic E-state index is 11.6. The van der Waals surface area contributed by atoms with Gasteiger partial charge in [-0.05, 0) is 51.4 Å². The summed E-state index contributed by atoms with van der Waals surface area (Å²) in [6.07, 6.45) is 10.0. The molecule has 0 rings (SSSR count). The van der Waals surface area contributed by atoms with Crippen LogP contribution in [0.25, 0.3) is 0 Å². The lowest BCUT2D eigenvalue weighted by Gasteiger charge is -2.10. The molecule has 0 heterocycles. The van der Waals surface area contributed by atoms with Crippen molar-refractivity contribution in [2.24, 2.45) is 0 Å². The molecule has 0 aromatic heterocycles. The van der Waals surface area contributed by atoms with E-state index in [-0.39, 0.29) is 37.0 Å². The van der Waals surface area contributed by atoms with Gasteiger partial charge in [-0.3, -0.25) is 9.59 Å². The van der Waals surface area contributed by atoms with Crippen LogP contribution in [-0.4, -0.2) is 47.6 Å². The molecule has 28 heavy (non-hydrogen) atoms. The number of unbranched alkanes of at least 4 members (excludes halogenated alkanes) is 4. The lowest BCUT2D eigenvalue weighted by atomic mass is 10.1. The average molecular weight is 403 g/mol. The van der Waals surface area contributed by atoms with E-state index in [0.717, 1.165) is 77.0 Å². The number of ether oxygens (including phenoxy) is 2. The number of carbonyl (C=O) groups is 2. The molecule has 2 N–H and O–H groups in total. The van der Waals surface area contributed by atoms with Crippen LogP contribution in [0.15, 0.2) is 0 Å². The van der Waals surface area contributed by atoms with Gasteiger partial charge in [-0.2, -0.15) is 0 Å². The number of carbonyl (C=O) groups excluding carboxylic acids is 2. The highest BCUT2D eigenvalue weighted by molar-refractivity contribution is 5.77. The van der Waals surface area contributed by atoms with Gasteiger partial charge in [0.05, 0.1) is 38.3 Å². The summed E-state index contributed by atoms with van der Waals surface area (Å²) in [5, 5.41) is 19.5. The molecule has 6 heteroatoms. The van der Waals surface area contributed by atoms with E-state index in [0.29, 0.717) is 13.2 Å². The molecule has 0 radical (unpaired) electrons. The van der Waals surface area contributed by atoms with Gasteiger partial charge < -0.3 is 19.7 Å². The summed E-state index contributed by atoms with van der Waals surface area (Å²) < 4.78 is 10.2. The smallest absolute Gasteiger partial charge is 0.306 e. The van der Waals surface area contributed by atoms with Gasteiger partial charge in [0.25, 0.3) is 0 Å². The van der Waals surface area contributed by atoms with Gasteiger partial charge in [-0.25, -0.2) is 0 Å². The fraction of sp³-hybridized carbons (Fsp3) is 0.909. The molecular weight excluding hydrogens is 360 g/mol. The predicted molar refractivity (Wildman–Crippen MR) is 110 cm³/mol. The van der Waals surface area contributed by atoms with Crippen LogP contribution in [0.3, 0.4) is 0 Å². The van der Waals surface area contributed by atoms with Gasteiger partial charge in [0.1, 0.15) is 0 Å². The molecule has 0 bridgehead atoms. The average Bonchev–Trinajstić information content (AvgIpc) is 2.68. The van der Waals surface area contributed by atoms with Crippen molar-refractivity contribution in [1.29, 1.82) is 0 Å². The minimum absolute atomic E-state index is 0.0354. The summed E-state index contributed by atoms with van der Waals surface area (Å²) in [7, 11) is 0. The van der Waals surface area contributed by atoms with Crippen LogP contribution in [0.5, 0.6) is 0 Å². The second-order valence-corrected chi connectivity index (χ2v) is 7.52. The van der Waals surface area contributed by atoms with Crippen molar-refractivity contribution in [3.8, 4) is 0 Å². The van der Waals surface area contributed by atoms with E-state index in [1.807, 2.05) is 0 Å². The van der Waals surface area contributed by atoms with E-state index >= 15 is 0 Å². The molecule has 0 fully saturated rings. The summed E-state index contributed by atoms with van der Waals surface area (Å²) in [5.74, 6) is -0.773. The van der Waals surface area contributed by atoms with E-state index in [1.165, 1.54) is 0 Å². The van der Waals surface area contributed by atoms with Gasteiger partial charge in [0.15, 0.2) is 0 Å². The van der Waals surface area contributed by atoms with E-state index in [4.69, 9.17) is 9.47 Å². The lowest BCUT2D eigenvalue weighted by molar-refractivity contribution is -0.150. The Kier molecular flexibility index (Phi) is 18.4. The van der Waals surface area contributed by atoms with Gasteiger partial charge in [0.2, 0.25) is 0 Å². The summed E-state index contributed by atoms with van der Waals surface area (Å²) in [6, 6.07) is 0. The molecule has 0 aromatic carbocycles. The number of hydrogen-bond acceptors (Lipinski definition) is 6. The molecule has 0 spiro atoms. The molecule has 2 atom stereocenters. The van der Waals surface area contributed by atoms with E-state index in [9.17, 15) is 19.8 Å². The summed E-state index contributed by atoms with van der Waals surface area (Å²) in [6.45, 7) is 4.86. The second kappa shape index (κ2) is 19.2. The Morgan fingerprint density at radius 3 is 1.36 bits per heavy atom. The van der Waals surface area contributed by atoms with Gasteiger partial charge in [0, 0.05) is 0 Å². The minimum Gasteiger partial charge on any atom is -0.466 e. The first-order valence-electron chi connectivity index (χ1n) is 11.2. The fourth-order valence-corrected chi connectivity index (χ4v) is 2.85. The number of esters is 2. The number of hydrogen-bond donors (Lipinski definition) is 2. The monoisotopic (exact) mass is 402 g/mol. The fourth-order valence-electron chi connectivity index (χ4n) is 2.85. The van der Waals surface area contributed by atoms with Crippen molar-refractivity contribution in [2.45, 2.75) is 116 Å². The van der Waals surface area contributed by atoms with Crippen molar-refractivity contribution in [2.75, 3.05) is 13.2 Å². The normalized spacial score (nSPS) is 13.1. The third-order valence-electron chi connectivity index (χ3n) is 4.70. The minimum atomic E-state index is -0.387. The van der Waals surface area contributed by atoms with Crippen LogP contribution in [0.1, 0.15) is 104 Å². The Hall–Kier alpha value is -1.14. The van der Waals surface area contributed by atoms with Crippen molar-refractivity contribution >= 4 is 11.9 Å². The van der Waals surface area contributed by atoms with Crippen LogP contribution in [0, 0.1) is 0 Å². The molecule has 166 valence electrons. The zero-order chi connectivity index (χ0) is 21.0. The maximum Gasteiger partial charge on any atom is 0.306 e. The highest BCUT2D eigenvalue weighted by Crippen LogP contribution is 2.10. The largest absolute Gasteiger partial charge is 0.466 e. The van der Waals surface area contributed by atoms with Crippen LogP contribution in [0.2, 0.25) is 0 Å². The van der Waals surface area contributed by atoms with Crippen molar-refractivity contribution in [1.82, 2.24) is 0 Å². The van der Waals surface area contributed by atoms with Crippen LogP contribution in [-0.2, 0) is 19.1 Å². The Bertz CT molecular complexity index is 349. The molecule has 0 amide bonds. The van der Waals surface area contributed by atoms with Crippen LogP contribution in [0.4, 0.5) is 0 Å². The predicted octanol–water partition coefficient (Wildman–Crippen LogP) is 4.30. The Labute approximate surface area is 171 Å². The Morgan fingerprint density at radius 2 is 1.00 bits per heavy atom. The molecule has 0 saturated carbocycles. The Morgan fingerprint density at radius 1 is 0.643 bits per heavy atom. The van der Waals surface area contributed by atoms with Gasteiger partial charge in [-0.1, -0.05) is 39.5 Å². The molecule has 0 aliphatic carbocycles. The Balaban J connectivity index is 3.49. The van der Waals surface area contributed by atoms with Crippen molar-refractivity contribution in [3.05, 3.63) is 0 Å². The first-order chi connectivity index (χ1) is 13.5. The molecule has 0 aliphatic rings. The van der Waals surface area contributed by atoms with Crippen molar-refractivity contribution < 1.29 is 29.3 Å². The van der Waals surface area contributed by atoms with Crippen LogP contribution >= 0.6 is 0 Å². The zero-order valence-corrected chi connectivity index (χ0v) is 18.0. The first-order valence-corrected chi connectivity index (χ1v) is 11.2. The SMILES string of the molecule is CCCCC(O)CCCCOC(=O)CCC(=O)OCCCCC(O)CCCC. The highest BCUT2D eigenvalue weighted by atomic mass is 16.5. The zero-order valence-electron chi connectivity index (χ0n) is 18.0. The highest BCUT2D eigenvalue weighted by Gasteiger charge is 2.10. The van der Waals surface area contributed by atoms with E-state index < -0.39 is 0 Å². The molecule has 0 saturated heterocycles. The summed E-state index contributed by atoms with van der Waals surface area (Å²) in [4.78, 5) is 23.2. The number of rotatable bonds is 19.